The number of nitro benzene ring substituents is 1. The summed E-state index contributed by atoms with van der Waals surface area (Å²) in [5.41, 5.74) is 4.54. The van der Waals surface area contributed by atoms with Crippen LogP contribution in [0.4, 0.5) is 5.69 Å². The summed E-state index contributed by atoms with van der Waals surface area (Å²) in [5, 5.41) is 16.1. The van der Waals surface area contributed by atoms with Crippen LogP contribution >= 0.6 is 24.0 Å². The summed E-state index contributed by atoms with van der Waals surface area (Å²) in [6.07, 6.45) is 2.01. The minimum absolute atomic E-state index is 0. The number of carbonyl (C=O) groups excluding carboxylic acids is 2. The van der Waals surface area contributed by atoms with Gasteiger partial charge in [0.25, 0.3) is 11.6 Å². The van der Waals surface area contributed by atoms with E-state index in [0.717, 1.165) is 12.8 Å². The van der Waals surface area contributed by atoms with Crippen LogP contribution in [-0.4, -0.2) is 35.4 Å². The first kappa shape index (κ1) is 21.1. The largest absolute Gasteiger partial charge is 0.348 e. The minimum atomic E-state index is -0.775. The number of hydrogen-bond donors (Lipinski definition) is 3. The van der Waals surface area contributed by atoms with E-state index in [9.17, 15) is 19.7 Å². The maximum atomic E-state index is 12.2. The zero-order valence-corrected chi connectivity index (χ0v) is 15.2. The number of rotatable bonds is 7. The number of benzene rings is 1. The zero-order chi connectivity index (χ0) is 17.9. The number of nitro groups is 1. The smallest absolute Gasteiger partial charge is 0.283 e. The predicted molar refractivity (Wildman–Crippen MR) is 96.0 cm³/mol. The Bertz CT molecular complexity index is 681. The summed E-state index contributed by atoms with van der Waals surface area (Å²) >= 11 is 5.88. The van der Waals surface area contributed by atoms with Crippen molar-refractivity contribution in [2.45, 2.75) is 25.3 Å². The molecule has 1 aromatic rings. The molecule has 1 saturated carbocycles. The van der Waals surface area contributed by atoms with Crippen molar-refractivity contribution in [2.75, 3.05) is 13.1 Å². The molecule has 0 spiro atoms. The Morgan fingerprint density at radius 1 is 1.44 bits per heavy atom. The minimum Gasteiger partial charge on any atom is -0.348 e. The highest BCUT2D eigenvalue weighted by molar-refractivity contribution is 6.34. The molecule has 1 aliphatic rings. The topological polar surface area (TPSA) is 127 Å². The third-order valence-electron chi connectivity index (χ3n) is 4.15. The summed E-state index contributed by atoms with van der Waals surface area (Å²) in [4.78, 5) is 34.5. The molecule has 1 unspecified atom stereocenters. The van der Waals surface area contributed by atoms with Crippen LogP contribution in [0.1, 0.15) is 30.1 Å². The van der Waals surface area contributed by atoms with Crippen LogP contribution in [-0.2, 0) is 4.79 Å². The molecule has 1 atom stereocenters. The standard InChI is InChI=1S/C15H19ClN4O4.ClH/c1-15(8-17,9-5-6-9)19-12(21)7-18-14(22)13-10(16)3-2-4-11(13)20(23)24;/h2-4,9H,5-8,17H2,1H3,(H,18,22)(H,19,21);1H. The summed E-state index contributed by atoms with van der Waals surface area (Å²) in [7, 11) is 0. The Morgan fingerprint density at radius 3 is 2.60 bits per heavy atom. The first-order valence-electron chi connectivity index (χ1n) is 7.50. The molecule has 8 nitrogen and oxygen atoms in total. The van der Waals surface area contributed by atoms with Gasteiger partial charge in [-0.15, -0.1) is 12.4 Å². The average molecular weight is 391 g/mol. The highest BCUT2D eigenvalue weighted by Gasteiger charge is 2.41. The number of hydrogen-bond acceptors (Lipinski definition) is 5. The molecule has 2 amide bonds. The van der Waals surface area contributed by atoms with Crippen LogP contribution < -0.4 is 16.4 Å². The molecule has 0 aliphatic heterocycles. The number of nitrogens with two attached hydrogens (primary N) is 1. The van der Waals surface area contributed by atoms with E-state index >= 15 is 0 Å². The third-order valence-corrected chi connectivity index (χ3v) is 4.47. The molecule has 0 bridgehead atoms. The first-order chi connectivity index (χ1) is 11.3. The number of carbonyl (C=O) groups is 2. The van der Waals surface area contributed by atoms with Gasteiger partial charge in [0.1, 0.15) is 5.56 Å². The fraction of sp³-hybridized carbons (Fsp3) is 0.467. The monoisotopic (exact) mass is 390 g/mol. The molecular weight excluding hydrogens is 371 g/mol. The fourth-order valence-electron chi connectivity index (χ4n) is 2.54. The van der Waals surface area contributed by atoms with Crippen LogP contribution in [0, 0.1) is 16.0 Å². The lowest BCUT2D eigenvalue weighted by Crippen LogP contribution is -2.55. The maximum Gasteiger partial charge on any atom is 0.283 e. The van der Waals surface area contributed by atoms with E-state index in [1.807, 2.05) is 6.92 Å². The van der Waals surface area contributed by atoms with E-state index in [-0.39, 0.29) is 29.5 Å². The molecular formula is C15H20Cl2N4O4. The van der Waals surface area contributed by atoms with Gasteiger partial charge in [-0.3, -0.25) is 19.7 Å². The van der Waals surface area contributed by atoms with Crippen molar-refractivity contribution < 1.29 is 14.5 Å². The van der Waals surface area contributed by atoms with E-state index in [1.165, 1.54) is 18.2 Å². The summed E-state index contributed by atoms with van der Waals surface area (Å²) in [6.45, 7) is 1.85. The summed E-state index contributed by atoms with van der Waals surface area (Å²) in [6, 6.07) is 3.94. The average Bonchev–Trinajstić information content (AvgIpc) is 3.37. The zero-order valence-electron chi connectivity index (χ0n) is 13.6. The number of nitrogens with zero attached hydrogens (tertiary/aromatic N) is 1. The van der Waals surface area contributed by atoms with Gasteiger partial charge < -0.3 is 16.4 Å². The van der Waals surface area contributed by atoms with Crippen molar-refractivity contribution in [3.8, 4) is 0 Å². The molecule has 0 heterocycles. The van der Waals surface area contributed by atoms with Gasteiger partial charge in [0, 0.05) is 12.6 Å². The molecule has 1 aromatic carbocycles. The van der Waals surface area contributed by atoms with E-state index in [2.05, 4.69) is 10.6 Å². The second kappa shape index (κ2) is 8.46. The Morgan fingerprint density at radius 2 is 2.08 bits per heavy atom. The molecule has 2 rings (SSSR count). The van der Waals surface area contributed by atoms with E-state index < -0.39 is 28.0 Å². The van der Waals surface area contributed by atoms with Gasteiger partial charge in [0.2, 0.25) is 5.91 Å². The van der Waals surface area contributed by atoms with Crippen molar-refractivity contribution in [3.05, 3.63) is 38.9 Å². The van der Waals surface area contributed by atoms with Gasteiger partial charge in [-0.1, -0.05) is 17.7 Å². The summed E-state index contributed by atoms with van der Waals surface area (Å²) < 4.78 is 0. The number of amides is 2. The van der Waals surface area contributed by atoms with Crippen LogP contribution in [0.25, 0.3) is 0 Å². The molecule has 0 aromatic heterocycles. The van der Waals surface area contributed by atoms with Crippen molar-refractivity contribution in [1.82, 2.24) is 10.6 Å². The molecule has 1 aliphatic carbocycles. The van der Waals surface area contributed by atoms with Gasteiger partial charge in [-0.05, 0) is 31.7 Å². The molecule has 25 heavy (non-hydrogen) atoms. The third kappa shape index (κ3) is 5.04. The lowest BCUT2D eigenvalue weighted by atomic mass is 9.96. The van der Waals surface area contributed by atoms with Gasteiger partial charge >= 0.3 is 0 Å². The van der Waals surface area contributed by atoms with E-state index in [1.54, 1.807) is 0 Å². The van der Waals surface area contributed by atoms with Gasteiger partial charge in [0.15, 0.2) is 0 Å². The maximum absolute atomic E-state index is 12.2. The quantitative estimate of drug-likeness (QED) is 0.481. The first-order valence-corrected chi connectivity index (χ1v) is 7.88. The van der Waals surface area contributed by atoms with Gasteiger partial charge in [0.05, 0.1) is 22.0 Å². The van der Waals surface area contributed by atoms with Gasteiger partial charge in [-0.2, -0.15) is 0 Å². The lowest BCUT2D eigenvalue weighted by molar-refractivity contribution is -0.385. The van der Waals surface area contributed by atoms with E-state index in [0.29, 0.717) is 12.5 Å². The van der Waals surface area contributed by atoms with Crippen LogP contribution in [0.5, 0.6) is 0 Å². The Labute approximate surface area is 156 Å². The van der Waals surface area contributed by atoms with Crippen LogP contribution in [0.2, 0.25) is 5.02 Å². The lowest BCUT2D eigenvalue weighted by Gasteiger charge is -2.29. The molecule has 0 saturated heterocycles. The highest BCUT2D eigenvalue weighted by atomic mass is 35.5. The second-order valence-corrected chi connectivity index (χ2v) is 6.42. The molecule has 0 radical (unpaired) electrons. The molecule has 138 valence electrons. The normalized spacial score (nSPS) is 15.5. The van der Waals surface area contributed by atoms with Crippen molar-refractivity contribution >= 4 is 41.5 Å². The fourth-order valence-corrected chi connectivity index (χ4v) is 2.80. The Kier molecular flexibility index (Phi) is 7.16. The SMILES string of the molecule is CC(CN)(NC(=O)CNC(=O)c1c(Cl)cccc1[N+](=O)[O-])C1CC1.Cl. The van der Waals surface area contributed by atoms with Crippen LogP contribution in [0.3, 0.4) is 0 Å². The van der Waals surface area contributed by atoms with Gasteiger partial charge in [-0.25, -0.2) is 0 Å². The second-order valence-electron chi connectivity index (χ2n) is 6.02. The predicted octanol–water partition coefficient (Wildman–Crippen LogP) is 1.64. The Hall–Kier alpha value is -1.90. The Balaban J connectivity index is 0.00000312. The van der Waals surface area contributed by atoms with E-state index in [4.69, 9.17) is 17.3 Å². The van der Waals surface area contributed by atoms with Crippen LogP contribution in [0.15, 0.2) is 18.2 Å². The highest BCUT2D eigenvalue weighted by Crippen LogP contribution is 2.38. The van der Waals surface area contributed by atoms with Crippen molar-refractivity contribution in [3.63, 3.8) is 0 Å². The number of nitrogens with one attached hydrogen (secondary N) is 2. The van der Waals surface area contributed by atoms with Crippen molar-refractivity contribution in [2.24, 2.45) is 11.7 Å². The molecule has 10 heteroatoms. The van der Waals surface area contributed by atoms with Crippen molar-refractivity contribution in [1.29, 1.82) is 0 Å². The summed E-state index contributed by atoms with van der Waals surface area (Å²) in [5.74, 6) is -0.840. The molecule has 1 fully saturated rings. The number of halogens is 2. The molecule has 4 N–H and O–H groups in total.